The molecule has 0 amide bonds. The topological polar surface area (TPSA) is 29.3 Å². The molecule has 0 radical (unpaired) electrons. The maximum Gasteiger partial charge on any atom is 0.0604 e. The van der Waals surface area contributed by atoms with Gasteiger partial charge in [0.1, 0.15) is 0 Å². The number of benzene rings is 1. The van der Waals surface area contributed by atoms with Gasteiger partial charge >= 0.3 is 0 Å². The van der Waals surface area contributed by atoms with Gasteiger partial charge in [-0.1, -0.05) is 55.7 Å². The Kier molecular flexibility index (Phi) is 6.22. The lowest BCUT2D eigenvalue weighted by Crippen LogP contribution is -2.55. The first-order valence-electron chi connectivity index (χ1n) is 8.80. The van der Waals surface area contributed by atoms with Gasteiger partial charge in [-0.3, -0.25) is 4.90 Å². The molecule has 2 unspecified atom stereocenters. The summed E-state index contributed by atoms with van der Waals surface area (Å²) in [6, 6.07) is 11.1. The van der Waals surface area contributed by atoms with Crippen LogP contribution in [-0.4, -0.2) is 24.0 Å². The number of hydrogen-bond donors (Lipinski definition) is 1. The molecule has 1 aromatic rings. The molecular weight excluding hydrogens is 268 g/mol. The van der Waals surface area contributed by atoms with Crippen LogP contribution in [0.2, 0.25) is 0 Å². The SMILES string of the molecule is C=C(C)CC(N)(c1ccccc1)C(CCCC)N1CCCC1. The molecule has 0 aromatic heterocycles. The second-order valence-corrected chi connectivity index (χ2v) is 6.94. The first-order chi connectivity index (χ1) is 10.6. The van der Waals surface area contributed by atoms with Gasteiger partial charge in [0.25, 0.3) is 0 Å². The molecule has 0 aliphatic carbocycles. The third kappa shape index (κ3) is 3.99. The Hall–Kier alpha value is -1.12. The number of rotatable bonds is 8. The van der Waals surface area contributed by atoms with Crippen molar-refractivity contribution in [1.82, 2.24) is 4.90 Å². The fourth-order valence-electron chi connectivity index (χ4n) is 3.88. The molecule has 0 saturated carbocycles. The Bertz CT molecular complexity index is 462. The van der Waals surface area contributed by atoms with Gasteiger partial charge in [-0.15, -0.1) is 6.58 Å². The molecule has 1 fully saturated rings. The van der Waals surface area contributed by atoms with E-state index >= 15 is 0 Å². The van der Waals surface area contributed by atoms with Crippen molar-refractivity contribution in [3.63, 3.8) is 0 Å². The van der Waals surface area contributed by atoms with Crippen molar-refractivity contribution in [3.05, 3.63) is 48.0 Å². The first kappa shape index (κ1) is 17.2. The van der Waals surface area contributed by atoms with Crippen LogP contribution in [0.15, 0.2) is 42.5 Å². The van der Waals surface area contributed by atoms with Gasteiger partial charge in [-0.05, 0) is 51.3 Å². The largest absolute Gasteiger partial charge is 0.320 e. The van der Waals surface area contributed by atoms with E-state index in [2.05, 4.69) is 55.7 Å². The van der Waals surface area contributed by atoms with Gasteiger partial charge in [-0.25, -0.2) is 0 Å². The lowest BCUT2D eigenvalue weighted by atomic mass is 9.76. The number of nitrogens with zero attached hydrogens (tertiary/aromatic N) is 1. The highest BCUT2D eigenvalue weighted by molar-refractivity contribution is 5.28. The minimum absolute atomic E-state index is 0.327. The minimum atomic E-state index is -0.327. The maximum atomic E-state index is 7.08. The van der Waals surface area contributed by atoms with Gasteiger partial charge < -0.3 is 5.73 Å². The van der Waals surface area contributed by atoms with Crippen LogP contribution < -0.4 is 5.73 Å². The molecule has 2 heteroatoms. The summed E-state index contributed by atoms with van der Waals surface area (Å²) in [6.45, 7) is 10.9. The zero-order valence-corrected chi connectivity index (χ0v) is 14.4. The molecule has 22 heavy (non-hydrogen) atoms. The zero-order valence-electron chi connectivity index (χ0n) is 14.4. The molecule has 122 valence electrons. The van der Waals surface area contributed by atoms with Crippen LogP contribution in [0.5, 0.6) is 0 Å². The molecular formula is C20H32N2. The smallest absolute Gasteiger partial charge is 0.0604 e. The number of likely N-dealkylation sites (tertiary alicyclic amines) is 1. The Morgan fingerprint density at radius 3 is 2.45 bits per heavy atom. The van der Waals surface area contributed by atoms with E-state index in [9.17, 15) is 0 Å². The highest BCUT2D eigenvalue weighted by Crippen LogP contribution is 2.36. The number of hydrogen-bond acceptors (Lipinski definition) is 2. The monoisotopic (exact) mass is 300 g/mol. The summed E-state index contributed by atoms with van der Waals surface area (Å²) in [6.07, 6.45) is 7.11. The van der Waals surface area contributed by atoms with Crippen LogP contribution in [0.3, 0.4) is 0 Å². The second-order valence-electron chi connectivity index (χ2n) is 6.94. The van der Waals surface area contributed by atoms with Crippen LogP contribution in [0, 0.1) is 0 Å². The molecule has 1 saturated heterocycles. The van der Waals surface area contributed by atoms with Gasteiger partial charge in [0, 0.05) is 6.04 Å². The van der Waals surface area contributed by atoms with Crippen molar-refractivity contribution in [2.75, 3.05) is 13.1 Å². The third-order valence-corrected chi connectivity index (χ3v) is 4.91. The van der Waals surface area contributed by atoms with Crippen molar-refractivity contribution in [1.29, 1.82) is 0 Å². The van der Waals surface area contributed by atoms with E-state index in [1.165, 1.54) is 56.3 Å². The van der Waals surface area contributed by atoms with Crippen molar-refractivity contribution in [2.24, 2.45) is 5.73 Å². The lowest BCUT2D eigenvalue weighted by Gasteiger charge is -2.43. The fourth-order valence-corrected chi connectivity index (χ4v) is 3.88. The zero-order chi connectivity index (χ0) is 16.0. The molecule has 1 aliphatic rings. The Labute approximate surface area is 136 Å². The summed E-state index contributed by atoms with van der Waals surface area (Å²) >= 11 is 0. The van der Waals surface area contributed by atoms with Crippen LogP contribution >= 0.6 is 0 Å². The molecule has 2 atom stereocenters. The molecule has 0 bridgehead atoms. The van der Waals surface area contributed by atoms with Crippen LogP contribution in [-0.2, 0) is 5.54 Å². The molecule has 1 aliphatic heterocycles. The fraction of sp³-hybridized carbons (Fsp3) is 0.600. The van der Waals surface area contributed by atoms with E-state index in [-0.39, 0.29) is 5.54 Å². The van der Waals surface area contributed by atoms with Crippen molar-refractivity contribution < 1.29 is 0 Å². The van der Waals surface area contributed by atoms with Gasteiger partial charge in [0.15, 0.2) is 0 Å². The van der Waals surface area contributed by atoms with Gasteiger partial charge in [0.05, 0.1) is 5.54 Å². The summed E-state index contributed by atoms with van der Waals surface area (Å²) in [4.78, 5) is 2.63. The summed E-state index contributed by atoms with van der Waals surface area (Å²) in [5.41, 5.74) is 9.18. The van der Waals surface area contributed by atoms with Crippen LogP contribution in [0.25, 0.3) is 0 Å². The Balaban J connectivity index is 2.35. The standard InChI is InChI=1S/C20H32N2/c1-4-5-13-19(22-14-9-10-15-22)20(21,16-17(2)3)18-11-7-6-8-12-18/h6-8,11-12,19H,2,4-5,9-10,13-16,21H2,1,3H3. The normalized spacial score (nSPS) is 19.8. The van der Waals surface area contributed by atoms with Crippen LogP contribution in [0.1, 0.15) is 57.9 Å². The van der Waals surface area contributed by atoms with Gasteiger partial charge in [0.2, 0.25) is 0 Å². The van der Waals surface area contributed by atoms with Crippen molar-refractivity contribution in [2.45, 2.75) is 64.0 Å². The average molecular weight is 300 g/mol. The van der Waals surface area contributed by atoms with Gasteiger partial charge in [-0.2, -0.15) is 0 Å². The molecule has 1 aromatic carbocycles. The molecule has 2 N–H and O–H groups in total. The highest BCUT2D eigenvalue weighted by atomic mass is 15.2. The van der Waals surface area contributed by atoms with E-state index in [1.54, 1.807) is 0 Å². The minimum Gasteiger partial charge on any atom is -0.320 e. The molecule has 1 heterocycles. The highest BCUT2D eigenvalue weighted by Gasteiger charge is 2.40. The van der Waals surface area contributed by atoms with Crippen LogP contribution in [0.4, 0.5) is 0 Å². The van der Waals surface area contributed by atoms with Crippen molar-refractivity contribution >= 4 is 0 Å². The third-order valence-electron chi connectivity index (χ3n) is 4.91. The predicted octanol–water partition coefficient (Wildman–Crippen LogP) is 4.46. The van der Waals surface area contributed by atoms with E-state index in [4.69, 9.17) is 5.73 Å². The second kappa shape index (κ2) is 7.94. The summed E-state index contributed by atoms with van der Waals surface area (Å²) in [5, 5.41) is 0. The van der Waals surface area contributed by atoms with Crippen molar-refractivity contribution in [3.8, 4) is 0 Å². The number of nitrogens with two attached hydrogens (primary N) is 1. The number of unbranched alkanes of at least 4 members (excludes halogenated alkanes) is 1. The van der Waals surface area contributed by atoms with E-state index in [0.29, 0.717) is 6.04 Å². The summed E-state index contributed by atoms with van der Waals surface area (Å²) in [7, 11) is 0. The predicted molar refractivity (Wildman–Crippen MR) is 95.9 cm³/mol. The summed E-state index contributed by atoms with van der Waals surface area (Å²) < 4.78 is 0. The van der Waals surface area contributed by atoms with E-state index in [0.717, 1.165) is 6.42 Å². The Morgan fingerprint density at radius 2 is 1.91 bits per heavy atom. The lowest BCUT2D eigenvalue weighted by molar-refractivity contribution is 0.132. The average Bonchev–Trinajstić information content (AvgIpc) is 3.02. The molecule has 2 nitrogen and oxygen atoms in total. The van der Waals surface area contributed by atoms with E-state index in [1.807, 2.05) is 0 Å². The molecule has 0 spiro atoms. The quantitative estimate of drug-likeness (QED) is 0.718. The molecule has 2 rings (SSSR count). The summed E-state index contributed by atoms with van der Waals surface area (Å²) in [5.74, 6) is 0. The Morgan fingerprint density at radius 1 is 1.27 bits per heavy atom. The maximum absolute atomic E-state index is 7.08. The first-order valence-corrected chi connectivity index (χ1v) is 8.80. The van der Waals surface area contributed by atoms with E-state index < -0.39 is 0 Å².